The van der Waals surface area contributed by atoms with Crippen LogP contribution in [0.5, 0.6) is 0 Å². The molecule has 2 heterocycles. The lowest BCUT2D eigenvalue weighted by Gasteiger charge is -2.13. The standard InChI is InChI=1S/C10H17N5OS/c1-10(2,3)8-12-13-9-15(8)14-7(17-9)6(11)5-16-4/h6H,5,11H2,1-4H3. The summed E-state index contributed by atoms with van der Waals surface area (Å²) < 4.78 is 6.80. The van der Waals surface area contributed by atoms with E-state index in [1.807, 2.05) is 0 Å². The second kappa shape index (κ2) is 4.32. The van der Waals surface area contributed by atoms with Gasteiger partial charge in [-0.25, -0.2) is 0 Å². The van der Waals surface area contributed by atoms with E-state index in [-0.39, 0.29) is 11.5 Å². The highest BCUT2D eigenvalue weighted by molar-refractivity contribution is 7.16. The van der Waals surface area contributed by atoms with E-state index < -0.39 is 0 Å². The first-order valence-corrected chi connectivity index (χ1v) is 6.22. The Morgan fingerprint density at radius 1 is 1.41 bits per heavy atom. The van der Waals surface area contributed by atoms with Gasteiger partial charge in [0, 0.05) is 12.5 Å². The summed E-state index contributed by atoms with van der Waals surface area (Å²) in [5.74, 6) is 0.847. The SMILES string of the molecule is COCC(N)c1nn2c(C(C)(C)C)nnc2s1. The Morgan fingerprint density at radius 3 is 2.71 bits per heavy atom. The molecule has 0 spiro atoms. The van der Waals surface area contributed by atoms with E-state index in [1.54, 1.807) is 11.6 Å². The summed E-state index contributed by atoms with van der Waals surface area (Å²) in [5, 5.41) is 13.6. The van der Waals surface area contributed by atoms with Crippen LogP contribution in [0, 0.1) is 0 Å². The predicted octanol–water partition coefficient (Wildman–Crippen LogP) is 1.13. The van der Waals surface area contributed by atoms with Crippen LogP contribution in [-0.2, 0) is 10.2 Å². The summed E-state index contributed by atoms with van der Waals surface area (Å²) in [6.07, 6.45) is 0. The zero-order chi connectivity index (χ0) is 12.6. The van der Waals surface area contributed by atoms with Crippen LogP contribution in [0.3, 0.4) is 0 Å². The van der Waals surface area contributed by atoms with Crippen molar-refractivity contribution in [3.63, 3.8) is 0 Å². The molecular weight excluding hydrogens is 238 g/mol. The third-order valence-corrected chi connectivity index (χ3v) is 3.37. The fraction of sp³-hybridized carbons (Fsp3) is 0.700. The molecule has 94 valence electrons. The van der Waals surface area contributed by atoms with Gasteiger partial charge >= 0.3 is 0 Å². The zero-order valence-electron chi connectivity index (χ0n) is 10.5. The second-order valence-electron chi connectivity index (χ2n) is 4.97. The van der Waals surface area contributed by atoms with Crippen LogP contribution < -0.4 is 5.73 Å². The Hall–Kier alpha value is -1.05. The summed E-state index contributed by atoms with van der Waals surface area (Å²) in [6, 6.07) is -0.209. The Bertz CT molecular complexity index is 512. The lowest BCUT2D eigenvalue weighted by molar-refractivity contribution is 0.180. The largest absolute Gasteiger partial charge is 0.383 e. The number of hydrogen-bond acceptors (Lipinski definition) is 6. The van der Waals surface area contributed by atoms with Gasteiger partial charge in [-0.2, -0.15) is 9.61 Å². The summed E-state index contributed by atoms with van der Waals surface area (Å²) >= 11 is 1.46. The lowest BCUT2D eigenvalue weighted by atomic mass is 9.96. The third-order valence-electron chi connectivity index (χ3n) is 2.34. The van der Waals surface area contributed by atoms with E-state index in [9.17, 15) is 0 Å². The van der Waals surface area contributed by atoms with Gasteiger partial charge < -0.3 is 10.5 Å². The summed E-state index contributed by atoms with van der Waals surface area (Å²) in [7, 11) is 1.63. The van der Waals surface area contributed by atoms with E-state index in [0.717, 1.165) is 15.8 Å². The van der Waals surface area contributed by atoms with Crippen LogP contribution >= 0.6 is 11.3 Å². The molecule has 2 aromatic heterocycles. The zero-order valence-corrected chi connectivity index (χ0v) is 11.3. The second-order valence-corrected chi connectivity index (χ2v) is 5.96. The number of aromatic nitrogens is 4. The molecule has 0 saturated carbocycles. The van der Waals surface area contributed by atoms with E-state index in [2.05, 4.69) is 36.1 Å². The fourth-order valence-electron chi connectivity index (χ4n) is 1.50. The van der Waals surface area contributed by atoms with Gasteiger partial charge in [0.2, 0.25) is 4.96 Å². The van der Waals surface area contributed by atoms with Crippen LogP contribution in [0.2, 0.25) is 0 Å². The van der Waals surface area contributed by atoms with Crippen molar-refractivity contribution >= 4 is 16.3 Å². The minimum absolute atomic E-state index is 0.0872. The van der Waals surface area contributed by atoms with Gasteiger partial charge in [-0.1, -0.05) is 32.1 Å². The van der Waals surface area contributed by atoms with Crippen LogP contribution in [0.4, 0.5) is 0 Å². The number of nitrogens with two attached hydrogens (primary N) is 1. The average Bonchev–Trinajstić information content (AvgIpc) is 2.73. The first-order valence-electron chi connectivity index (χ1n) is 5.40. The highest BCUT2D eigenvalue weighted by atomic mass is 32.1. The number of fused-ring (bicyclic) bond motifs is 1. The highest BCUT2D eigenvalue weighted by Crippen LogP contribution is 2.25. The molecule has 7 heteroatoms. The predicted molar refractivity (Wildman–Crippen MR) is 66.2 cm³/mol. The average molecular weight is 255 g/mol. The lowest BCUT2D eigenvalue weighted by Crippen LogP contribution is -2.19. The number of ether oxygens (including phenoxy) is 1. The minimum atomic E-state index is -0.209. The van der Waals surface area contributed by atoms with Crippen molar-refractivity contribution < 1.29 is 4.74 Å². The summed E-state index contributed by atoms with van der Waals surface area (Å²) in [4.78, 5) is 0.775. The fourth-order valence-corrected chi connectivity index (χ4v) is 2.32. The quantitative estimate of drug-likeness (QED) is 0.889. The van der Waals surface area contributed by atoms with Crippen molar-refractivity contribution in [1.82, 2.24) is 19.8 Å². The van der Waals surface area contributed by atoms with Crippen LogP contribution in [-0.4, -0.2) is 33.5 Å². The molecule has 6 nitrogen and oxygen atoms in total. The van der Waals surface area contributed by atoms with Gasteiger partial charge in [-0.3, -0.25) is 0 Å². The monoisotopic (exact) mass is 255 g/mol. The molecule has 0 radical (unpaired) electrons. The number of hydrogen-bond donors (Lipinski definition) is 1. The molecule has 0 aliphatic carbocycles. The van der Waals surface area contributed by atoms with Crippen molar-refractivity contribution in [2.24, 2.45) is 5.73 Å². The number of nitrogens with zero attached hydrogens (tertiary/aromatic N) is 4. The molecule has 0 bridgehead atoms. The maximum absolute atomic E-state index is 5.95. The molecule has 2 N–H and O–H groups in total. The van der Waals surface area contributed by atoms with Crippen molar-refractivity contribution in [3.05, 3.63) is 10.8 Å². The van der Waals surface area contributed by atoms with Crippen molar-refractivity contribution in [3.8, 4) is 0 Å². The van der Waals surface area contributed by atoms with E-state index in [0.29, 0.717) is 6.61 Å². The first-order chi connectivity index (χ1) is 7.93. The summed E-state index contributed by atoms with van der Waals surface area (Å²) in [6.45, 7) is 6.70. The Kier molecular flexibility index (Phi) is 3.15. The Morgan fingerprint density at radius 2 is 2.12 bits per heavy atom. The third kappa shape index (κ3) is 2.31. The molecular formula is C10H17N5OS. The Balaban J connectivity index is 2.42. The topological polar surface area (TPSA) is 78.3 Å². The van der Waals surface area contributed by atoms with Crippen molar-refractivity contribution in [1.29, 1.82) is 0 Å². The van der Waals surface area contributed by atoms with Crippen molar-refractivity contribution in [2.45, 2.75) is 32.2 Å². The summed E-state index contributed by atoms with van der Waals surface area (Å²) in [5.41, 5.74) is 5.86. The molecule has 0 amide bonds. The van der Waals surface area contributed by atoms with Crippen LogP contribution in [0.25, 0.3) is 4.96 Å². The molecule has 0 saturated heterocycles. The maximum atomic E-state index is 5.95. The first kappa shape index (κ1) is 12.4. The minimum Gasteiger partial charge on any atom is -0.383 e. The molecule has 2 aromatic rings. The molecule has 1 atom stereocenters. The van der Waals surface area contributed by atoms with Crippen molar-refractivity contribution in [2.75, 3.05) is 13.7 Å². The molecule has 0 aliphatic rings. The van der Waals surface area contributed by atoms with Gasteiger partial charge in [-0.15, -0.1) is 10.2 Å². The van der Waals surface area contributed by atoms with Gasteiger partial charge in [0.25, 0.3) is 0 Å². The van der Waals surface area contributed by atoms with E-state index in [1.165, 1.54) is 11.3 Å². The van der Waals surface area contributed by atoms with Crippen LogP contribution in [0.1, 0.15) is 37.6 Å². The smallest absolute Gasteiger partial charge is 0.234 e. The van der Waals surface area contributed by atoms with E-state index >= 15 is 0 Å². The molecule has 0 aliphatic heterocycles. The Labute approximate surface area is 104 Å². The number of methoxy groups -OCH3 is 1. The van der Waals surface area contributed by atoms with Gasteiger partial charge in [-0.05, 0) is 0 Å². The molecule has 2 rings (SSSR count). The maximum Gasteiger partial charge on any atom is 0.234 e. The molecule has 0 fully saturated rings. The molecule has 0 aromatic carbocycles. The van der Waals surface area contributed by atoms with E-state index in [4.69, 9.17) is 10.5 Å². The molecule has 17 heavy (non-hydrogen) atoms. The number of rotatable bonds is 3. The highest BCUT2D eigenvalue weighted by Gasteiger charge is 2.24. The normalized spacial score (nSPS) is 14.4. The van der Waals surface area contributed by atoms with Crippen LogP contribution in [0.15, 0.2) is 0 Å². The molecule has 1 unspecified atom stereocenters. The van der Waals surface area contributed by atoms with Gasteiger partial charge in [0.05, 0.1) is 12.6 Å². The van der Waals surface area contributed by atoms with Gasteiger partial charge in [0.15, 0.2) is 5.82 Å². The van der Waals surface area contributed by atoms with Gasteiger partial charge in [0.1, 0.15) is 5.01 Å².